The van der Waals surface area contributed by atoms with Crippen LogP contribution in [0.4, 0.5) is 18.9 Å². The fourth-order valence-electron chi connectivity index (χ4n) is 1.65. The van der Waals surface area contributed by atoms with E-state index in [1.807, 2.05) is 0 Å². The zero-order chi connectivity index (χ0) is 16.4. The summed E-state index contributed by atoms with van der Waals surface area (Å²) in [6.45, 7) is -0.0310. The number of nitrogens with zero attached hydrogens (tertiary/aromatic N) is 2. The monoisotopic (exact) mass is 319 g/mol. The Morgan fingerprint density at radius 3 is 2.29 bits per heavy atom. The summed E-state index contributed by atoms with van der Waals surface area (Å²) in [7, 11) is 4.69. The Labute approximate surface area is 126 Å². The minimum Gasteiger partial charge on any atom is -0.389 e. The molecule has 0 atom stereocenters. The summed E-state index contributed by atoms with van der Waals surface area (Å²) < 4.78 is 39.1. The number of halogens is 3. The number of likely N-dealkylation sites (N-methyl/N-ethyl adjacent to an activating group) is 2. The molecular weight excluding hydrogens is 303 g/mol. The topological polar surface area (TPSA) is 49.6 Å². The fraction of sp³-hybridized carbons (Fsp3) is 0.385. The van der Waals surface area contributed by atoms with Crippen LogP contribution >= 0.6 is 12.2 Å². The van der Waals surface area contributed by atoms with Crippen molar-refractivity contribution in [3.63, 3.8) is 0 Å². The van der Waals surface area contributed by atoms with Gasteiger partial charge >= 0.3 is 6.18 Å². The van der Waals surface area contributed by atoms with Crippen LogP contribution < -0.4 is 10.6 Å². The van der Waals surface area contributed by atoms with Crippen molar-refractivity contribution in [2.45, 2.75) is 6.18 Å². The van der Waals surface area contributed by atoms with Crippen LogP contribution in [0.2, 0.25) is 0 Å². The van der Waals surface area contributed by atoms with Crippen LogP contribution in [0.5, 0.6) is 0 Å². The normalized spacial score (nSPS) is 11.1. The summed E-state index contributed by atoms with van der Waals surface area (Å²) in [4.78, 5) is 14.1. The number of thiocarbonyl (C=S) groups is 1. The van der Waals surface area contributed by atoms with Gasteiger partial charge in [0.05, 0.1) is 12.1 Å². The standard InChI is InChI=1S/C13H16F3N3OS/c1-18(2)11(20)7-19(3)8-4-5-9(12(17)21)10(6-8)13(14,15)16/h4-6H,7H2,1-3H3,(H2,17,21). The first-order valence-electron chi connectivity index (χ1n) is 5.96. The molecule has 116 valence electrons. The molecule has 0 saturated heterocycles. The molecule has 0 bridgehead atoms. The van der Waals surface area contributed by atoms with E-state index in [9.17, 15) is 18.0 Å². The van der Waals surface area contributed by atoms with Crippen LogP contribution in [0.15, 0.2) is 18.2 Å². The van der Waals surface area contributed by atoms with Gasteiger partial charge in [0.15, 0.2) is 0 Å². The predicted octanol–water partition coefficient (Wildman–Crippen LogP) is 1.86. The van der Waals surface area contributed by atoms with Gasteiger partial charge in [-0.25, -0.2) is 0 Å². The van der Waals surface area contributed by atoms with Crippen LogP contribution in [0.25, 0.3) is 0 Å². The maximum Gasteiger partial charge on any atom is 0.417 e. The van der Waals surface area contributed by atoms with E-state index in [1.165, 1.54) is 29.0 Å². The molecule has 0 spiro atoms. The Bertz CT molecular complexity index is 558. The van der Waals surface area contributed by atoms with Crippen LogP contribution in [0.1, 0.15) is 11.1 Å². The van der Waals surface area contributed by atoms with Gasteiger partial charge in [0.25, 0.3) is 0 Å². The number of rotatable bonds is 4. The van der Waals surface area contributed by atoms with Crippen LogP contribution in [0.3, 0.4) is 0 Å². The molecule has 1 aromatic carbocycles. The predicted molar refractivity (Wildman–Crippen MR) is 79.3 cm³/mol. The second-order valence-electron chi connectivity index (χ2n) is 4.74. The summed E-state index contributed by atoms with van der Waals surface area (Å²) in [6, 6.07) is 3.61. The summed E-state index contributed by atoms with van der Waals surface area (Å²) in [5, 5.41) is 0. The minimum atomic E-state index is -4.57. The summed E-state index contributed by atoms with van der Waals surface area (Å²) >= 11 is 4.63. The molecule has 0 aliphatic carbocycles. The number of alkyl halides is 3. The first-order chi connectivity index (χ1) is 9.54. The Hall–Kier alpha value is -1.83. The average Bonchev–Trinajstić information content (AvgIpc) is 2.36. The number of hydrogen-bond acceptors (Lipinski definition) is 3. The van der Waals surface area contributed by atoms with Crippen LogP contribution in [-0.4, -0.2) is 43.5 Å². The van der Waals surface area contributed by atoms with E-state index in [-0.39, 0.29) is 28.7 Å². The maximum atomic E-state index is 13.0. The highest BCUT2D eigenvalue weighted by Gasteiger charge is 2.34. The molecule has 8 heteroatoms. The highest BCUT2D eigenvalue weighted by molar-refractivity contribution is 7.80. The third-order valence-corrected chi connectivity index (χ3v) is 3.11. The molecule has 1 rings (SSSR count). The molecule has 0 unspecified atom stereocenters. The second-order valence-corrected chi connectivity index (χ2v) is 5.18. The number of benzene rings is 1. The van der Waals surface area contributed by atoms with Crippen molar-refractivity contribution in [2.75, 3.05) is 32.6 Å². The lowest BCUT2D eigenvalue weighted by Crippen LogP contribution is -2.34. The molecule has 0 fully saturated rings. The maximum absolute atomic E-state index is 13.0. The molecule has 2 N–H and O–H groups in total. The Kier molecular flexibility index (Phi) is 5.16. The van der Waals surface area contributed by atoms with Gasteiger partial charge < -0.3 is 15.5 Å². The van der Waals surface area contributed by atoms with Gasteiger partial charge in [0, 0.05) is 32.4 Å². The molecule has 1 amide bonds. The molecule has 4 nitrogen and oxygen atoms in total. The van der Waals surface area contributed by atoms with Crippen molar-refractivity contribution in [2.24, 2.45) is 5.73 Å². The molecule has 0 aliphatic heterocycles. The van der Waals surface area contributed by atoms with Crippen LogP contribution in [0, 0.1) is 0 Å². The van der Waals surface area contributed by atoms with E-state index >= 15 is 0 Å². The largest absolute Gasteiger partial charge is 0.417 e. The number of amides is 1. The fourth-order valence-corrected chi connectivity index (χ4v) is 1.83. The van der Waals surface area contributed by atoms with Gasteiger partial charge in [-0.1, -0.05) is 12.2 Å². The average molecular weight is 319 g/mol. The van der Waals surface area contributed by atoms with Crippen molar-refractivity contribution in [1.29, 1.82) is 0 Å². The Balaban J connectivity index is 3.17. The van der Waals surface area contributed by atoms with E-state index < -0.39 is 11.7 Å². The molecule has 21 heavy (non-hydrogen) atoms. The van der Waals surface area contributed by atoms with E-state index in [1.54, 1.807) is 14.1 Å². The van der Waals surface area contributed by atoms with Gasteiger partial charge in [-0.15, -0.1) is 0 Å². The number of carbonyl (C=O) groups excluding carboxylic acids is 1. The zero-order valence-corrected chi connectivity index (χ0v) is 12.7. The lowest BCUT2D eigenvalue weighted by atomic mass is 10.1. The molecule has 0 aromatic heterocycles. The SMILES string of the molecule is CN(C)C(=O)CN(C)c1ccc(C(N)=S)c(C(F)(F)F)c1. The summed E-state index contributed by atoms with van der Waals surface area (Å²) in [5.74, 6) is -0.218. The van der Waals surface area contributed by atoms with Gasteiger partial charge in [-0.2, -0.15) is 13.2 Å². The van der Waals surface area contributed by atoms with E-state index in [0.29, 0.717) is 0 Å². The smallest absolute Gasteiger partial charge is 0.389 e. The molecule has 0 heterocycles. The van der Waals surface area contributed by atoms with Crippen molar-refractivity contribution in [3.8, 4) is 0 Å². The van der Waals surface area contributed by atoms with Crippen molar-refractivity contribution in [3.05, 3.63) is 29.3 Å². The van der Waals surface area contributed by atoms with E-state index in [0.717, 1.165) is 6.07 Å². The lowest BCUT2D eigenvalue weighted by molar-refractivity contribution is -0.137. The molecule has 1 aromatic rings. The summed E-state index contributed by atoms with van der Waals surface area (Å²) in [6.07, 6.45) is -4.57. The highest BCUT2D eigenvalue weighted by atomic mass is 32.1. The third-order valence-electron chi connectivity index (χ3n) is 2.89. The van der Waals surface area contributed by atoms with Crippen molar-refractivity contribution < 1.29 is 18.0 Å². The number of hydrogen-bond donors (Lipinski definition) is 1. The van der Waals surface area contributed by atoms with E-state index in [2.05, 4.69) is 12.2 Å². The Morgan fingerprint density at radius 2 is 1.86 bits per heavy atom. The van der Waals surface area contributed by atoms with Gasteiger partial charge in [-0.05, 0) is 18.2 Å². The highest BCUT2D eigenvalue weighted by Crippen LogP contribution is 2.34. The molecule has 0 aliphatic rings. The number of anilines is 1. The summed E-state index contributed by atoms with van der Waals surface area (Å²) in [5.41, 5.74) is 4.44. The van der Waals surface area contributed by atoms with Crippen LogP contribution in [-0.2, 0) is 11.0 Å². The first kappa shape index (κ1) is 17.2. The van der Waals surface area contributed by atoms with Gasteiger partial charge in [-0.3, -0.25) is 4.79 Å². The van der Waals surface area contributed by atoms with Gasteiger partial charge in [0.2, 0.25) is 5.91 Å². The van der Waals surface area contributed by atoms with Crippen molar-refractivity contribution >= 4 is 28.8 Å². The molecule has 0 radical (unpaired) electrons. The van der Waals surface area contributed by atoms with Gasteiger partial charge in [0.1, 0.15) is 4.99 Å². The second kappa shape index (κ2) is 6.30. The number of carbonyl (C=O) groups is 1. The lowest BCUT2D eigenvalue weighted by Gasteiger charge is -2.23. The number of nitrogens with two attached hydrogens (primary N) is 1. The first-order valence-corrected chi connectivity index (χ1v) is 6.37. The third kappa shape index (κ3) is 4.32. The Morgan fingerprint density at radius 1 is 1.29 bits per heavy atom. The minimum absolute atomic E-state index is 0.0310. The van der Waals surface area contributed by atoms with E-state index in [4.69, 9.17) is 5.73 Å². The van der Waals surface area contributed by atoms with Crippen molar-refractivity contribution in [1.82, 2.24) is 4.90 Å². The zero-order valence-electron chi connectivity index (χ0n) is 11.9. The molecular formula is C13H16F3N3OS. The quantitative estimate of drug-likeness (QED) is 0.861. The molecule has 0 saturated carbocycles.